The Labute approximate surface area is 271 Å². The minimum atomic E-state index is -4.77. The number of methoxy groups -OCH3 is 1. The van der Waals surface area contributed by atoms with Crippen LogP contribution < -0.4 is 25.6 Å². The van der Waals surface area contributed by atoms with Crippen molar-refractivity contribution in [2.24, 2.45) is 26.7 Å². The van der Waals surface area contributed by atoms with Crippen molar-refractivity contribution in [3.8, 4) is 11.5 Å². The van der Waals surface area contributed by atoms with E-state index < -0.39 is 6.36 Å². The van der Waals surface area contributed by atoms with E-state index in [9.17, 15) is 18.0 Å². The number of amidine groups is 2. The van der Waals surface area contributed by atoms with Crippen LogP contribution in [0.1, 0.15) is 25.0 Å². The Morgan fingerprint density at radius 1 is 1.07 bits per heavy atom. The first-order valence-electron chi connectivity index (χ1n) is 12.9. The highest BCUT2D eigenvalue weighted by molar-refractivity contribution is 8.13. The molecule has 0 radical (unpaired) electrons. The summed E-state index contributed by atoms with van der Waals surface area (Å²) in [6.45, 7) is 3.45. The maximum atomic E-state index is 12.3. The molecule has 0 bridgehead atoms. The van der Waals surface area contributed by atoms with Gasteiger partial charge in [0, 0.05) is 17.7 Å². The molecule has 3 aromatic rings. The van der Waals surface area contributed by atoms with Crippen LogP contribution in [-0.2, 0) is 9.53 Å². The number of thioether (sulfide) groups is 1. The second kappa shape index (κ2) is 16.7. The average molecular weight is 685 g/mol. The van der Waals surface area contributed by atoms with E-state index >= 15 is 0 Å². The fourth-order valence-corrected chi connectivity index (χ4v) is 4.28. The molecule has 4 N–H and O–H groups in total. The SMILES string of the molecule is COc1cc(Cl)c(N=C(N/N=C/c2ccc(C(N)=[NH+]C=Nc3ccc(OC(F)(F)F)cc3)cc2)SCOC(=O)C(C)C)c(Cl)c1. The van der Waals surface area contributed by atoms with Gasteiger partial charge < -0.3 is 19.9 Å². The third-order valence-corrected chi connectivity index (χ3v) is 6.68. The molecule has 0 unspecified atom stereocenters. The van der Waals surface area contributed by atoms with Crippen LogP contribution in [0, 0.1) is 5.92 Å². The fourth-order valence-electron chi connectivity index (χ4n) is 3.17. The number of ether oxygens (including phenoxy) is 3. The Bertz CT molecular complexity index is 1560. The van der Waals surface area contributed by atoms with E-state index in [0.29, 0.717) is 22.6 Å². The molecule has 0 aliphatic rings. The number of esters is 1. The summed E-state index contributed by atoms with van der Waals surface area (Å²) in [5, 5.41) is 4.98. The quantitative estimate of drug-likeness (QED) is 0.0794. The van der Waals surface area contributed by atoms with Crippen LogP contribution in [0.3, 0.4) is 0 Å². The highest BCUT2D eigenvalue weighted by Gasteiger charge is 2.31. The second-order valence-electron chi connectivity index (χ2n) is 9.09. The number of rotatable bonds is 11. The predicted octanol–water partition coefficient (Wildman–Crippen LogP) is 5.55. The summed E-state index contributed by atoms with van der Waals surface area (Å²) in [5.74, 6) is -0.279. The molecule has 16 heteroatoms. The average Bonchev–Trinajstić information content (AvgIpc) is 2.98. The Kier molecular flexibility index (Phi) is 13.1. The van der Waals surface area contributed by atoms with Gasteiger partial charge in [0.25, 0.3) is 0 Å². The number of nitrogens with zero attached hydrogens (tertiary/aromatic N) is 3. The number of halogens is 5. The lowest BCUT2D eigenvalue weighted by Crippen LogP contribution is -2.74. The van der Waals surface area contributed by atoms with Gasteiger partial charge in [0.1, 0.15) is 28.8 Å². The Morgan fingerprint density at radius 2 is 1.71 bits per heavy atom. The summed E-state index contributed by atoms with van der Waals surface area (Å²) in [7, 11) is 1.49. The van der Waals surface area contributed by atoms with Crippen molar-refractivity contribution in [3.05, 3.63) is 81.8 Å². The van der Waals surface area contributed by atoms with Crippen LogP contribution in [0.15, 0.2) is 75.7 Å². The monoisotopic (exact) mass is 683 g/mol. The van der Waals surface area contributed by atoms with Gasteiger partial charge in [0.05, 0.1) is 29.3 Å². The summed E-state index contributed by atoms with van der Waals surface area (Å²) in [5.41, 5.74) is 10.9. The molecule has 0 fully saturated rings. The summed E-state index contributed by atoms with van der Waals surface area (Å²) < 4.78 is 51.1. The summed E-state index contributed by atoms with van der Waals surface area (Å²) in [6.07, 6.45) is -1.92. The van der Waals surface area contributed by atoms with Crippen LogP contribution in [0.2, 0.25) is 10.0 Å². The van der Waals surface area contributed by atoms with Gasteiger partial charge in [-0.15, -0.1) is 18.2 Å². The van der Waals surface area contributed by atoms with Crippen molar-refractivity contribution in [2.75, 3.05) is 13.0 Å². The number of nitrogen functional groups attached to an aromatic ring is 1. The van der Waals surface area contributed by atoms with Crippen LogP contribution in [-0.4, -0.2) is 48.9 Å². The molecule has 0 atom stereocenters. The van der Waals surface area contributed by atoms with Gasteiger partial charge >= 0.3 is 12.3 Å². The number of hydrazone groups is 1. The molecular formula is C29H28Cl2F3N6O4S+. The van der Waals surface area contributed by atoms with E-state index in [0.717, 1.165) is 23.9 Å². The topological polar surface area (TPSA) is 134 Å². The Balaban J connectivity index is 1.67. The van der Waals surface area contributed by atoms with Gasteiger partial charge in [-0.1, -0.05) is 49.2 Å². The van der Waals surface area contributed by atoms with Crippen molar-refractivity contribution < 1.29 is 37.2 Å². The minimum absolute atomic E-state index is 0.0261. The van der Waals surface area contributed by atoms with Gasteiger partial charge in [-0.3, -0.25) is 10.2 Å². The van der Waals surface area contributed by atoms with Crippen molar-refractivity contribution >= 4 is 75.9 Å². The number of hydrogen-bond donors (Lipinski definition) is 3. The molecule has 0 spiro atoms. The Hall–Kier alpha value is -4.27. The van der Waals surface area contributed by atoms with Crippen LogP contribution in [0.5, 0.6) is 11.5 Å². The van der Waals surface area contributed by atoms with E-state index in [1.54, 1.807) is 50.2 Å². The van der Waals surface area contributed by atoms with Crippen LogP contribution in [0.25, 0.3) is 0 Å². The highest BCUT2D eigenvalue weighted by Crippen LogP contribution is 2.37. The van der Waals surface area contributed by atoms with Gasteiger partial charge in [-0.25, -0.2) is 9.98 Å². The normalized spacial score (nSPS) is 12.6. The first-order valence-corrected chi connectivity index (χ1v) is 14.7. The molecule has 10 nitrogen and oxygen atoms in total. The van der Waals surface area contributed by atoms with Gasteiger partial charge in [-0.05, 0) is 53.7 Å². The third kappa shape index (κ3) is 12.0. The van der Waals surface area contributed by atoms with Crippen molar-refractivity contribution in [1.82, 2.24) is 5.43 Å². The molecule has 0 aromatic heterocycles. The number of alkyl halides is 3. The lowest BCUT2D eigenvalue weighted by Gasteiger charge is -2.10. The maximum Gasteiger partial charge on any atom is 0.573 e. The molecule has 0 aliphatic carbocycles. The molecule has 0 saturated heterocycles. The van der Waals surface area contributed by atoms with Crippen molar-refractivity contribution in [3.63, 3.8) is 0 Å². The van der Waals surface area contributed by atoms with Gasteiger partial charge in [-0.2, -0.15) is 5.10 Å². The van der Waals surface area contributed by atoms with Crippen molar-refractivity contribution in [1.29, 1.82) is 0 Å². The smallest absolute Gasteiger partial charge is 0.497 e. The zero-order valence-electron chi connectivity index (χ0n) is 24.1. The summed E-state index contributed by atoms with van der Waals surface area (Å²) in [4.78, 5) is 23.3. The molecule has 0 heterocycles. The fraction of sp³-hybridized carbons (Fsp3) is 0.207. The molecule has 0 saturated carbocycles. The number of nitrogens with one attached hydrogen (secondary N) is 2. The maximum absolute atomic E-state index is 12.3. The van der Waals surface area contributed by atoms with Crippen molar-refractivity contribution in [2.45, 2.75) is 20.2 Å². The van der Waals surface area contributed by atoms with Crippen LogP contribution >= 0.6 is 35.0 Å². The zero-order valence-corrected chi connectivity index (χ0v) is 26.4. The molecule has 0 aliphatic heterocycles. The van der Waals surface area contributed by atoms with Crippen LogP contribution in [0.4, 0.5) is 24.5 Å². The number of aliphatic imine (C=N–C) groups is 2. The van der Waals surface area contributed by atoms with E-state index in [1.165, 1.54) is 31.8 Å². The summed E-state index contributed by atoms with van der Waals surface area (Å²) in [6, 6.07) is 15.2. The van der Waals surface area contributed by atoms with E-state index in [2.05, 4.69) is 30.2 Å². The predicted molar refractivity (Wildman–Crippen MR) is 171 cm³/mol. The largest absolute Gasteiger partial charge is 0.573 e. The molecular weight excluding hydrogens is 656 g/mol. The standard InChI is InChI=1S/C29H27Cl2F3N6O4S/c1-17(2)27(41)43-16-45-28(39-25-23(30)12-22(42-3)13-24(25)31)40-38-14-18-4-6-19(7-5-18)26(35)37-15-36-20-8-10-21(11-9-20)44-29(32,33)34/h4-15,17H,16H2,1-3H3,(H,39,40)(H2,35,36,37)/p+1/b38-14+. The molecule has 45 heavy (non-hydrogen) atoms. The number of benzene rings is 3. The number of carbonyl (C=O) groups excluding carboxylic acids is 1. The highest BCUT2D eigenvalue weighted by atomic mass is 35.5. The van der Waals surface area contributed by atoms with Gasteiger partial charge in [0.15, 0.2) is 5.17 Å². The van der Waals surface area contributed by atoms with E-state index in [4.69, 9.17) is 38.4 Å². The molecule has 0 amide bonds. The van der Waals surface area contributed by atoms with Gasteiger partial charge in [0.2, 0.25) is 12.2 Å². The Morgan fingerprint density at radius 3 is 2.29 bits per heavy atom. The number of nitrogens with two attached hydrogens (primary N) is 1. The first kappa shape index (κ1) is 35.2. The van der Waals surface area contributed by atoms with E-state index in [-0.39, 0.29) is 50.3 Å². The first-order chi connectivity index (χ1) is 21.3. The lowest BCUT2D eigenvalue weighted by molar-refractivity contribution is -0.303. The number of hydrogen-bond acceptors (Lipinski definition) is 8. The lowest BCUT2D eigenvalue weighted by atomic mass is 10.1. The molecule has 3 aromatic carbocycles. The third-order valence-electron chi connectivity index (χ3n) is 5.41. The minimum Gasteiger partial charge on any atom is -0.497 e. The molecule has 3 rings (SSSR count). The molecule has 238 valence electrons. The summed E-state index contributed by atoms with van der Waals surface area (Å²) >= 11 is 13.8. The second-order valence-corrected chi connectivity index (χ2v) is 10.8. The van der Waals surface area contributed by atoms with E-state index in [1.807, 2.05) is 0 Å². The number of carbonyl (C=O) groups is 1. The zero-order chi connectivity index (χ0) is 33.0.